The first-order valence-electron chi connectivity index (χ1n) is 22.5. The number of furan rings is 2. The molecule has 0 fully saturated rings. The van der Waals surface area contributed by atoms with Crippen molar-refractivity contribution in [2.45, 2.75) is 19.4 Å². The van der Waals surface area contributed by atoms with Crippen LogP contribution in [0.4, 0.5) is 0 Å². The highest BCUT2D eigenvalue weighted by Gasteiger charge is 2.35. The van der Waals surface area contributed by atoms with E-state index in [-0.39, 0.29) is 12.0 Å². The van der Waals surface area contributed by atoms with Crippen LogP contribution in [0.5, 0.6) is 0 Å². The molecule has 0 spiro atoms. The number of aromatic nitrogens is 1. The SMILES string of the molecule is CCC1C(c2cccc3ccccc23)=NC(c2cc(-n3c4cc5ccccc5cc4c4cc5ccccc5cc43)cc3c2oc2ccccc23)=NC1c1cccc2c1oc1ccccc12. The van der Waals surface area contributed by atoms with E-state index in [0.717, 1.165) is 89.4 Å². The highest BCUT2D eigenvalue weighted by atomic mass is 16.3. The van der Waals surface area contributed by atoms with Crippen LogP contribution in [0.25, 0.3) is 104 Å². The molecule has 5 nitrogen and oxygen atoms in total. The van der Waals surface area contributed by atoms with Gasteiger partial charge in [0.25, 0.3) is 0 Å². The molecule has 0 bridgehead atoms. The van der Waals surface area contributed by atoms with Crippen LogP contribution >= 0.6 is 0 Å². The Morgan fingerprint density at radius 3 is 1.66 bits per heavy atom. The zero-order chi connectivity index (χ0) is 42.8. The Balaban J connectivity index is 1.10. The standard InChI is InChI=1S/C60H39N3O2/c1-2-41-56(45-24-13-20-35-15-7-8-21-42(35)45)61-60(62-57(41)47-26-14-25-46-43-22-9-11-27-54(43)64-58(46)47)51-34-40(33-50-44-23-10-12-28-55(44)65-59(50)51)63-52-31-38-18-5-3-16-36(38)29-48(52)49-30-37-17-4-6-19-39(37)32-53(49)63/h3-34,41,57H,2H2,1H3. The summed E-state index contributed by atoms with van der Waals surface area (Å²) in [5.41, 5.74) is 10.6. The van der Waals surface area contributed by atoms with Gasteiger partial charge in [0.2, 0.25) is 0 Å². The zero-order valence-corrected chi connectivity index (χ0v) is 35.5. The number of fused-ring (bicyclic) bond motifs is 12. The first-order valence-corrected chi connectivity index (χ1v) is 22.5. The van der Waals surface area contributed by atoms with Crippen molar-refractivity contribution in [3.8, 4) is 5.69 Å². The lowest BCUT2D eigenvalue weighted by atomic mass is 9.81. The molecule has 0 N–H and O–H groups in total. The minimum Gasteiger partial charge on any atom is -0.456 e. The Hall–Kier alpha value is -8.28. The third-order valence-electron chi connectivity index (χ3n) is 13.9. The summed E-state index contributed by atoms with van der Waals surface area (Å²) in [6.45, 7) is 2.26. The topological polar surface area (TPSA) is 55.9 Å². The quantitative estimate of drug-likeness (QED) is 0.173. The fourth-order valence-electron chi connectivity index (χ4n) is 10.9. The van der Waals surface area contributed by atoms with Gasteiger partial charge >= 0.3 is 0 Å². The van der Waals surface area contributed by atoms with Crippen LogP contribution < -0.4 is 0 Å². The number of rotatable bonds is 5. The average molecular weight is 834 g/mol. The van der Waals surface area contributed by atoms with Crippen LogP contribution in [0, 0.1) is 5.92 Å². The first kappa shape index (κ1) is 36.2. The minimum atomic E-state index is -0.306. The van der Waals surface area contributed by atoms with Crippen molar-refractivity contribution in [3.05, 3.63) is 211 Å². The summed E-state index contributed by atoms with van der Waals surface area (Å²) in [4.78, 5) is 11.5. The number of nitrogens with zero attached hydrogens (tertiary/aromatic N) is 3. The van der Waals surface area contributed by atoms with Crippen molar-refractivity contribution in [1.29, 1.82) is 0 Å². The molecule has 13 aromatic rings. The van der Waals surface area contributed by atoms with Gasteiger partial charge in [0, 0.05) is 55.0 Å². The van der Waals surface area contributed by atoms with E-state index in [1.165, 1.54) is 43.1 Å². The number of para-hydroxylation sites is 3. The minimum absolute atomic E-state index is 0.0448. The summed E-state index contributed by atoms with van der Waals surface area (Å²) >= 11 is 0. The van der Waals surface area contributed by atoms with Crippen molar-refractivity contribution in [2.75, 3.05) is 0 Å². The highest BCUT2D eigenvalue weighted by Crippen LogP contribution is 2.45. The number of benzene rings is 10. The van der Waals surface area contributed by atoms with Gasteiger partial charge in [0.1, 0.15) is 22.3 Å². The Morgan fingerprint density at radius 1 is 0.446 bits per heavy atom. The second-order valence-corrected chi connectivity index (χ2v) is 17.5. The lowest BCUT2D eigenvalue weighted by Crippen LogP contribution is -2.28. The fraction of sp³-hybridized carbons (Fsp3) is 0.0667. The summed E-state index contributed by atoms with van der Waals surface area (Å²) in [6.07, 6.45) is 0.823. The maximum absolute atomic E-state index is 6.94. The predicted octanol–water partition coefficient (Wildman–Crippen LogP) is 16.1. The molecule has 2 unspecified atom stereocenters. The maximum Gasteiger partial charge on any atom is 0.159 e. The summed E-state index contributed by atoms with van der Waals surface area (Å²) < 4.78 is 16.1. The van der Waals surface area contributed by atoms with Crippen LogP contribution in [0.15, 0.2) is 213 Å². The van der Waals surface area contributed by atoms with E-state index in [2.05, 4.69) is 193 Å². The van der Waals surface area contributed by atoms with Crippen molar-refractivity contribution in [3.63, 3.8) is 0 Å². The summed E-state index contributed by atoms with van der Waals surface area (Å²) in [5.74, 6) is 0.593. The van der Waals surface area contributed by atoms with Crippen molar-refractivity contribution in [1.82, 2.24) is 4.57 Å². The smallest absolute Gasteiger partial charge is 0.159 e. The van der Waals surface area contributed by atoms with Crippen molar-refractivity contribution in [2.24, 2.45) is 15.9 Å². The van der Waals surface area contributed by atoms with E-state index in [0.29, 0.717) is 5.84 Å². The molecule has 0 amide bonds. The van der Waals surface area contributed by atoms with E-state index in [1.807, 2.05) is 12.1 Å². The first-order chi connectivity index (χ1) is 32.2. The van der Waals surface area contributed by atoms with Gasteiger partial charge in [0.05, 0.1) is 28.4 Å². The van der Waals surface area contributed by atoms with Gasteiger partial charge in [-0.15, -0.1) is 0 Å². The molecular formula is C60H39N3O2. The van der Waals surface area contributed by atoms with Crippen molar-refractivity contribution >= 4 is 110 Å². The molecule has 65 heavy (non-hydrogen) atoms. The third kappa shape index (κ3) is 5.39. The van der Waals surface area contributed by atoms with Crippen LogP contribution in [0.3, 0.4) is 0 Å². The second-order valence-electron chi connectivity index (χ2n) is 17.5. The van der Waals surface area contributed by atoms with Gasteiger partial charge in [-0.2, -0.15) is 0 Å². The average Bonchev–Trinajstić information content (AvgIpc) is 4.03. The Bertz CT molecular complexity index is 4100. The lowest BCUT2D eigenvalue weighted by Gasteiger charge is -2.30. The van der Waals surface area contributed by atoms with Crippen LogP contribution in [-0.4, -0.2) is 16.1 Å². The lowest BCUT2D eigenvalue weighted by molar-refractivity contribution is 0.527. The fourth-order valence-corrected chi connectivity index (χ4v) is 10.9. The summed E-state index contributed by atoms with van der Waals surface area (Å²) in [6, 6.07) is 69.3. The maximum atomic E-state index is 6.94. The summed E-state index contributed by atoms with van der Waals surface area (Å²) in [7, 11) is 0. The molecule has 3 aromatic heterocycles. The number of hydrogen-bond acceptors (Lipinski definition) is 4. The number of aliphatic imine (C=N–C) groups is 2. The molecule has 14 rings (SSSR count). The Labute approximate surface area is 373 Å². The molecule has 4 heterocycles. The molecule has 0 radical (unpaired) electrons. The Morgan fingerprint density at radius 2 is 0.985 bits per heavy atom. The van der Waals surface area contributed by atoms with Crippen molar-refractivity contribution < 1.29 is 8.83 Å². The number of amidine groups is 1. The molecule has 0 saturated heterocycles. The molecule has 0 aliphatic carbocycles. The molecule has 10 aromatic carbocycles. The number of hydrogen-bond donors (Lipinski definition) is 0. The normalized spacial score (nSPS) is 15.7. The van der Waals surface area contributed by atoms with Crippen LogP contribution in [-0.2, 0) is 0 Å². The van der Waals surface area contributed by atoms with Gasteiger partial charge in [-0.05, 0) is 87.3 Å². The predicted molar refractivity (Wildman–Crippen MR) is 270 cm³/mol. The Kier molecular flexibility index (Phi) is 7.72. The third-order valence-corrected chi connectivity index (χ3v) is 13.9. The molecular weight excluding hydrogens is 795 g/mol. The summed E-state index contributed by atoms with van der Waals surface area (Å²) in [5, 5.41) is 13.8. The van der Waals surface area contributed by atoms with Crippen LogP contribution in [0.1, 0.15) is 36.1 Å². The highest BCUT2D eigenvalue weighted by molar-refractivity contribution is 6.24. The zero-order valence-electron chi connectivity index (χ0n) is 35.5. The van der Waals surface area contributed by atoms with Crippen LogP contribution in [0.2, 0.25) is 0 Å². The largest absolute Gasteiger partial charge is 0.456 e. The van der Waals surface area contributed by atoms with E-state index in [9.17, 15) is 0 Å². The van der Waals surface area contributed by atoms with Gasteiger partial charge in [-0.1, -0.05) is 153 Å². The molecule has 2 atom stereocenters. The molecule has 306 valence electrons. The van der Waals surface area contributed by atoms with E-state index in [1.54, 1.807) is 0 Å². The van der Waals surface area contributed by atoms with E-state index < -0.39 is 0 Å². The second kappa shape index (κ2) is 13.9. The van der Waals surface area contributed by atoms with Gasteiger partial charge in [0.15, 0.2) is 5.84 Å². The molecule has 5 heteroatoms. The molecule has 0 saturated carbocycles. The molecule has 1 aliphatic heterocycles. The van der Waals surface area contributed by atoms with Gasteiger partial charge in [-0.3, -0.25) is 4.99 Å². The molecule has 1 aliphatic rings. The van der Waals surface area contributed by atoms with Gasteiger partial charge < -0.3 is 13.4 Å². The van der Waals surface area contributed by atoms with E-state index >= 15 is 0 Å². The van der Waals surface area contributed by atoms with Gasteiger partial charge in [-0.25, -0.2) is 4.99 Å². The monoisotopic (exact) mass is 833 g/mol. The van der Waals surface area contributed by atoms with E-state index in [4.69, 9.17) is 18.8 Å².